The quantitative estimate of drug-likeness (QED) is 0.314. The van der Waals surface area contributed by atoms with Gasteiger partial charge in [-0.2, -0.15) is 0 Å². The normalized spacial score (nSPS) is 11.2. The van der Waals surface area contributed by atoms with Crippen LogP contribution in [0.4, 0.5) is 5.69 Å². The lowest BCUT2D eigenvalue weighted by atomic mass is 10.0. The summed E-state index contributed by atoms with van der Waals surface area (Å²) in [6.07, 6.45) is 0. The minimum absolute atomic E-state index is 0.287. The van der Waals surface area contributed by atoms with Gasteiger partial charge in [-0.25, -0.2) is 5.48 Å². The Labute approximate surface area is 168 Å². The number of methoxy groups -OCH3 is 1. The van der Waals surface area contributed by atoms with Crippen LogP contribution in [0.5, 0.6) is 5.75 Å². The molecule has 0 radical (unpaired) electrons. The third kappa shape index (κ3) is 4.64. The summed E-state index contributed by atoms with van der Waals surface area (Å²) in [5, 5.41) is 14.2. The summed E-state index contributed by atoms with van der Waals surface area (Å²) < 4.78 is 5.36. The molecule has 2 aromatic rings. The Kier molecular flexibility index (Phi) is 7.15. The predicted octanol–water partition coefficient (Wildman–Crippen LogP) is 1.10. The Morgan fingerprint density at radius 2 is 1.62 bits per heavy atom. The topological polar surface area (TPSA) is 120 Å². The van der Waals surface area contributed by atoms with E-state index in [1.807, 2.05) is 18.2 Å². The molecule has 1 unspecified atom stereocenters. The van der Waals surface area contributed by atoms with Crippen molar-refractivity contribution >= 4 is 23.4 Å². The van der Waals surface area contributed by atoms with Gasteiger partial charge in [0, 0.05) is 26.7 Å². The largest absolute Gasteiger partial charge is 0.495 e. The van der Waals surface area contributed by atoms with Gasteiger partial charge in [0.25, 0.3) is 17.7 Å². The molecular weight excluding hydrogens is 376 g/mol. The molecule has 0 aromatic heterocycles. The minimum Gasteiger partial charge on any atom is -0.495 e. The fraction of sp³-hybridized carbons (Fsp3) is 0.250. The van der Waals surface area contributed by atoms with Crippen LogP contribution in [0.1, 0.15) is 10.4 Å². The molecule has 0 heterocycles. The average Bonchev–Trinajstić information content (AvgIpc) is 2.77. The first-order valence-electron chi connectivity index (χ1n) is 8.76. The second-order valence-corrected chi connectivity index (χ2v) is 6.15. The molecule has 0 saturated heterocycles. The lowest BCUT2D eigenvalue weighted by Crippen LogP contribution is -2.54. The molecular formula is C20H24N4O5. The van der Waals surface area contributed by atoms with Crippen LogP contribution in [-0.2, 0) is 9.59 Å². The molecule has 0 fully saturated rings. The molecule has 2 aromatic carbocycles. The van der Waals surface area contributed by atoms with Crippen molar-refractivity contribution in [3.8, 4) is 16.9 Å². The third-order valence-electron chi connectivity index (χ3n) is 4.50. The second kappa shape index (κ2) is 9.56. The highest BCUT2D eigenvalue weighted by atomic mass is 16.5. The highest BCUT2D eigenvalue weighted by molar-refractivity contribution is 6.08. The van der Waals surface area contributed by atoms with Crippen LogP contribution in [0.2, 0.25) is 0 Å². The van der Waals surface area contributed by atoms with Crippen molar-refractivity contribution in [2.24, 2.45) is 0 Å². The van der Waals surface area contributed by atoms with Crippen molar-refractivity contribution in [1.29, 1.82) is 0 Å². The van der Waals surface area contributed by atoms with Crippen molar-refractivity contribution in [1.82, 2.24) is 15.7 Å². The first-order valence-corrected chi connectivity index (χ1v) is 8.76. The number of anilines is 1. The van der Waals surface area contributed by atoms with E-state index in [4.69, 9.17) is 9.94 Å². The fourth-order valence-electron chi connectivity index (χ4n) is 2.87. The van der Waals surface area contributed by atoms with E-state index in [1.165, 1.54) is 19.6 Å². The molecule has 0 spiro atoms. The Morgan fingerprint density at radius 1 is 1.00 bits per heavy atom. The number of hydroxylamine groups is 1. The van der Waals surface area contributed by atoms with E-state index in [0.717, 1.165) is 21.7 Å². The van der Waals surface area contributed by atoms with E-state index in [1.54, 1.807) is 38.4 Å². The van der Waals surface area contributed by atoms with Crippen LogP contribution in [-0.4, -0.2) is 62.1 Å². The number of benzene rings is 2. The van der Waals surface area contributed by atoms with Crippen molar-refractivity contribution < 1.29 is 24.3 Å². The number of carbonyl (C=O) groups excluding carboxylic acids is 3. The van der Waals surface area contributed by atoms with E-state index < -0.39 is 23.8 Å². The van der Waals surface area contributed by atoms with E-state index in [0.29, 0.717) is 5.75 Å². The molecule has 3 amide bonds. The Bertz CT molecular complexity index is 882. The SMILES string of the molecule is CNC(=O)C(C(=O)NO)N(C)C(=O)c1ccc(-c2ccc(NC)c(OC)c2)cc1. The molecule has 9 heteroatoms. The molecule has 0 saturated carbocycles. The standard InChI is InChI=1S/C20H24N4O5/c1-21-15-10-9-14(11-16(15)29-4)12-5-7-13(8-6-12)20(27)24(3)17(18(25)22-2)19(26)23-28/h5-11,17,21,28H,1-4H3,(H,22,25)(H,23,26). The third-order valence-corrected chi connectivity index (χ3v) is 4.50. The number of rotatable bonds is 7. The first kappa shape index (κ1) is 21.7. The molecule has 0 aliphatic carbocycles. The summed E-state index contributed by atoms with van der Waals surface area (Å²) in [5.74, 6) is -1.58. The number of hydrogen-bond acceptors (Lipinski definition) is 6. The summed E-state index contributed by atoms with van der Waals surface area (Å²) in [4.78, 5) is 37.4. The van der Waals surface area contributed by atoms with Gasteiger partial charge in [0.15, 0.2) is 6.04 Å². The summed E-state index contributed by atoms with van der Waals surface area (Å²) in [7, 11) is 6.04. The molecule has 29 heavy (non-hydrogen) atoms. The van der Waals surface area contributed by atoms with Gasteiger partial charge >= 0.3 is 0 Å². The number of ether oxygens (including phenoxy) is 1. The van der Waals surface area contributed by atoms with Crippen LogP contribution in [0.3, 0.4) is 0 Å². The maximum absolute atomic E-state index is 12.7. The van der Waals surface area contributed by atoms with Crippen molar-refractivity contribution in [3.63, 3.8) is 0 Å². The van der Waals surface area contributed by atoms with Gasteiger partial charge in [0.1, 0.15) is 5.75 Å². The summed E-state index contributed by atoms with van der Waals surface area (Å²) in [6.45, 7) is 0. The summed E-state index contributed by atoms with van der Waals surface area (Å²) in [5.41, 5.74) is 4.31. The molecule has 154 valence electrons. The molecule has 0 aliphatic rings. The van der Waals surface area contributed by atoms with Crippen LogP contribution < -0.4 is 20.9 Å². The maximum atomic E-state index is 12.7. The number of carbonyl (C=O) groups is 3. The Morgan fingerprint density at radius 3 is 2.14 bits per heavy atom. The summed E-state index contributed by atoms with van der Waals surface area (Å²) in [6, 6.07) is 10.9. The number of amides is 3. The zero-order valence-electron chi connectivity index (χ0n) is 16.6. The van der Waals surface area contributed by atoms with E-state index >= 15 is 0 Å². The van der Waals surface area contributed by atoms with Crippen LogP contribution >= 0.6 is 0 Å². The minimum atomic E-state index is -1.50. The molecule has 0 bridgehead atoms. The highest BCUT2D eigenvalue weighted by Crippen LogP contribution is 2.30. The van der Waals surface area contributed by atoms with Crippen LogP contribution in [0, 0.1) is 0 Å². The van der Waals surface area contributed by atoms with Gasteiger partial charge < -0.3 is 20.3 Å². The molecule has 0 aliphatic heterocycles. The van der Waals surface area contributed by atoms with Crippen LogP contribution in [0.25, 0.3) is 11.1 Å². The number of hydrogen-bond donors (Lipinski definition) is 4. The van der Waals surface area contributed by atoms with Gasteiger partial charge in [0.2, 0.25) is 0 Å². The second-order valence-electron chi connectivity index (χ2n) is 6.15. The van der Waals surface area contributed by atoms with Crippen molar-refractivity contribution in [2.75, 3.05) is 33.6 Å². The van der Waals surface area contributed by atoms with E-state index in [9.17, 15) is 14.4 Å². The van der Waals surface area contributed by atoms with Gasteiger partial charge in [-0.3, -0.25) is 19.6 Å². The zero-order valence-corrected chi connectivity index (χ0v) is 16.6. The average molecular weight is 400 g/mol. The lowest BCUT2D eigenvalue weighted by Gasteiger charge is -2.25. The monoisotopic (exact) mass is 400 g/mol. The fourth-order valence-corrected chi connectivity index (χ4v) is 2.87. The van der Waals surface area contributed by atoms with E-state index in [2.05, 4.69) is 10.6 Å². The number of nitrogens with zero attached hydrogens (tertiary/aromatic N) is 1. The van der Waals surface area contributed by atoms with Gasteiger partial charge in [-0.05, 0) is 35.4 Å². The predicted molar refractivity (Wildman–Crippen MR) is 108 cm³/mol. The van der Waals surface area contributed by atoms with Crippen molar-refractivity contribution in [2.45, 2.75) is 6.04 Å². The molecule has 9 nitrogen and oxygen atoms in total. The number of nitrogens with one attached hydrogen (secondary N) is 3. The van der Waals surface area contributed by atoms with E-state index in [-0.39, 0.29) is 5.56 Å². The van der Waals surface area contributed by atoms with Crippen molar-refractivity contribution in [3.05, 3.63) is 48.0 Å². The van der Waals surface area contributed by atoms with Gasteiger partial charge in [0.05, 0.1) is 12.8 Å². The Hall–Kier alpha value is -3.59. The zero-order chi connectivity index (χ0) is 21.6. The summed E-state index contributed by atoms with van der Waals surface area (Å²) >= 11 is 0. The number of likely N-dealkylation sites (N-methyl/N-ethyl adjacent to an activating group) is 2. The Balaban J connectivity index is 2.28. The van der Waals surface area contributed by atoms with Gasteiger partial charge in [-0.15, -0.1) is 0 Å². The lowest BCUT2D eigenvalue weighted by molar-refractivity contribution is -0.140. The molecule has 2 rings (SSSR count). The maximum Gasteiger partial charge on any atom is 0.275 e. The molecule has 1 atom stereocenters. The molecule has 4 N–H and O–H groups in total. The van der Waals surface area contributed by atoms with Gasteiger partial charge in [-0.1, -0.05) is 18.2 Å². The highest BCUT2D eigenvalue weighted by Gasteiger charge is 2.33. The van der Waals surface area contributed by atoms with Crippen LogP contribution in [0.15, 0.2) is 42.5 Å². The first-order chi connectivity index (χ1) is 13.9. The smallest absolute Gasteiger partial charge is 0.275 e.